The number of hydrogen-bond donors (Lipinski definition) is 0. The van der Waals surface area contributed by atoms with Crippen LogP contribution >= 0.6 is 27.7 Å². The summed E-state index contributed by atoms with van der Waals surface area (Å²) in [6, 6.07) is 10.6. The fourth-order valence-corrected chi connectivity index (χ4v) is 2.64. The van der Waals surface area contributed by atoms with Crippen LogP contribution in [0.15, 0.2) is 58.5 Å². The first-order valence-electron chi connectivity index (χ1n) is 6.27. The Balaban J connectivity index is 2.26. The lowest BCUT2D eigenvalue weighted by Gasteiger charge is -2.01. The molecule has 1 aromatic rings. The van der Waals surface area contributed by atoms with Gasteiger partial charge in [0.05, 0.1) is 0 Å². The van der Waals surface area contributed by atoms with Crippen molar-refractivity contribution in [3.05, 3.63) is 53.6 Å². The highest BCUT2D eigenvalue weighted by atomic mass is 79.9. The van der Waals surface area contributed by atoms with Gasteiger partial charge in [0.2, 0.25) is 0 Å². The Morgan fingerprint density at radius 2 is 1.83 bits per heavy atom. The van der Waals surface area contributed by atoms with E-state index < -0.39 is 0 Å². The molecule has 0 nitrogen and oxygen atoms in total. The highest BCUT2D eigenvalue weighted by Gasteiger charge is 1.92. The minimum absolute atomic E-state index is 0.986. The molecule has 0 saturated carbocycles. The Hall–Kier alpha value is -0.470. The zero-order valence-electron chi connectivity index (χ0n) is 11.2. The van der Waals surface area contributed by atoms with Crippen molar-refractivity contribution in [2.75, 3.05) is 11.1 Å². The molecule has 18 heavy (non-hydrogen) atoms. The number of allylic oxidation sites excluding steroid dienone is 3. The molecule has 0 aromatic heterocycles. The highest BCUT2D eigenvalue weighted by molar-refractivity contribution is 9.09. The van der Waals surface area contributed by atoms with E-state index in [1.807, 2.05) is 11.8 Å². The third kappa shape index (κ3) is 7.07. The van der Waals surface area contributed by atoms with Gasteiger partial charge in [-0.25, -0.2) is 0 Å². The highest BCUT2D eigenvalue weighted by Crippen LogP contribution is 2.18. The quantitative estimate of drug-likeness (QED) is 0.344. The Kier molecular flexibility index (Phi) is 8.19. The molecule has 0 bridgehead atoms. The molecule has 1 aromatic carbocycles. The summed E-state index contributed by atoms with van der Waals surface area (Å²) in [5.41, 5.74) is 2.90. The number of alkyl halides is 1. The molecule has 0 aliphatic heterocycles. The summed E-state index contributed by atoms with van der Waals surface area (Å²) in [6.07, 6.45) is 6.97. The van der Waals surface area contributed by atoms with Gasteiger partial charge in [-0.3, -0.25) is 0 Å². The van der Waals surface area contributed by atoms with E-state index in [0.29, 0.717) is 0 Å². The topological polar surface area (TPSA) is 0 Å². The summed E-state index contributed by atoms with van der Waals surface area (Å²) in [6.45, 7) is 4.39. The lowest BCUT2D eigenvalue weighted by Crippen LogP contribution is -1.82. The molecule has 0 heterocycles. The largest absolute Gasteiger partial charge is 0.122 e. The van der Waals surface area contributed by atoms with Crippen molar-refractivity contribution in [2.45, 2.75) is 31.6 Å². The molecule has 0 spiro atoms. The van der Waals surface area contributed by atoms with Crippen molar-refractivity contribution in [3.8, 4) is 0 Å². The fourth-order valence-electron chi connectivity index (χ4n) is 1.50. The monoisotopic (exact) mass is 324 g/mol. The third-order valence-electron chi connectivity index (χ3n) is 2.67. The first-order chi connectivity index (χ1) is 8.72. The summed E-state index contributed by atoms with van der Waals surface area (Å²) < 4.78 is 0. The van der Waals surface area contributed by atoms with Gasteiger partial charge in [0.1, 0.15) is 0 Å². The van der Waals surface area contributed by atoms with Gasteiger partial charge in [-0.05, 0) is 38.8 Å². The van der Waals surface area contributed by atoms with Crippen LogP contribution in [0.1, 0.15) is 26.7 Å². The SMILES string of the molecule is C/C(=C\CC/C(C)=C/CSc1ccccc1)CBr. The van der Waals surface area contributed by atoms with Crippen LogP contribution < -0.4 is 0 Å². The Labute approximate surface area is 124 Å². The van der Waals surface area contributed by atoms with Gasteiger partial charge in [0.25, 0.3) is 0 Å². The molecule has 0 amide bonds. The molecule has 0 radical (unpaired) electrons. The van der Waals surface area contributed by atoms with Crippen molar-refractivity contribution >= 4 is 27.7 Å². The van der Waals surface area contributed by atoms with Crippen LogP contribution in [0.4, 0.5) is 0 Å². The Morgan fingerprint density at radius 1 is 1.11 bits per heavy atom. The summed E-state index contributed by atoms with van der Waals surface area (Å²) >= 11 is 5.36. The maximum Gasteiger partial charge on any atom is 0.0239 e. The molecule has 1 rings (SSSR count). The van der Waals surface area contributed by atoms with Gasteiger partial charge in [0, 0.05) is 16.0 Å². The fraction of sp³-hybridized carbons (Fsp3) is 0.375. The van der Waals surface area contributed by atoms with Crippen molar-refractivity contribution in [1.82, 2.24) is 0 Å². The van der Waals surface area contributed by atoms with Gasteiger partial charge in [-0.15, -0.1) is 11.8 Å². The van der Waals surface area contributed by atoms with Crippen LogP contribution in [0, 0.1) is 0 Å². The van der Waals surface area contributed by atoms with Crippen molar-refractivity contribution < 1.29 is 0 Å². The van der Waals surface area contributed by atoms with E-state index in [1.165, 1.54) is 22.5 Å². The maximum absolute atomic E-state index is 3.46. The number of thioether (sulfide) groups is 1. The maximum atomic E-state index is 3.46. The molecule has 0 aliphatic carbocycles. The second-order valence-electron chi connectivity index (χ2n) is 4.40. The smallest absolute Gasteiger partial charge is 0.0239 e. The summed E-state index contributed by atoms with van der Waals surface area (Å²) in [5.74, 6) is 1.07. The Morgan fingerprint density at radius 3 is 2.50 bits per heavy atom. The second-order valence-corrected chi connectivity index (χ2v) is 6.05. The van der Waals surface area contributed by atoms with E-state index in [0.717, 1.165) is 17.5 Å². The normalized spacial score (nSPS) is 12.8. The van der Waals surface area contributed by atoms with Gasteiger partial charge >= 0.3 is 0 Å². The molecule has 0 saturated heterocycles. The molecular weight excluding hydrogens is 304 g/mol. The molecule has 0 N–H and O–H groups in total. The molecule has 0 atom stereocenters. The number of rotatable bonds is 7. The van der Waals surface area contributed by atoms with Crippen molar-refractivity contribution in [3.63, 3.8) is 0 Å². The van der Waals surface area contributed by atoms with Crippen LogP contribution in [0.5, 0.6) is 0 Å². The summed E-state index contributed by atoms with van der Waals surface area (Å²) in [7, 11) is 0. The molecule has 2 heteroatoms. The minimum Gasteiger partial charge on any atom is -0.122 e. The van der Waals surface area contributed by atoms with E-state index in [2.05, 4.69) is 72.3 Å². The van der Waals surface area contributed by atoms with E-state index in [-0.39, 0.29) is 0 Å². The molecule has 0 aliphatic rings. The zero-order chi connectivity index (χ0) is 13.2. The van der Waals surface area contributed by atoms with Crippen LogP contribution in [-0.4, -0.2) is 11.1 Å². The van der Waals surface area contributed by atoms with E-state index in [9.17, 15) is 0 Å². The average Bonchev–Trinajstić information content (AvgIpc) is 2.39. The summed E-state index contributed by atoms with van der Waals surface area (Å²) in [5, 5.41) is 0.986. The molecule has 0 fully saturated rings. The van der Waals surface area contributed by atoms with Crippen molar-refractivity contribution in [2.24, 2.45) is 0 Å². The van der Waals surface area contributed by atoms with Gasteiger partial charge in [-0.1, -0.05) is 57.4 Å². The molecular formula is C16H21BrS. The average molecular weight is 325 g/mol. The first-order valence-corrected chi connectivity index (χ1v) is 8.38. The molecule has 0 unspecified atom stereocenters. The van der Waals surface area contributed by atoms with E-state index >= 15 is 0 Å². The van der Waals surface area contributed by atoms with Gasteiger partial charge in [-0.2, -0.15) is 0 Å². The first kappa shape index (κ1) is 15.6. The third-order valence-corrected chi connectivity index (χ3v) is 4.49. The lowest BCUT2D eigenvalue weighted by atomic mass is 10.1. The Bertz CT molecular complexity index is 393. The van der Waals surface area contributed by atoms with Gasteiger partial charge in [0.15, 0.2) is 0 Å². The zero-order valence-corrected chi connectivity index (χ0v) is 13.6. The number of halogens is 1. The minimum atomic E-state index is 0.986. The second kappa shape index (κ2) is 9.46. The van der Waals surface area contributed by atoms with Crippen LogP contribution in [-0.2, 0) is 0 Å². The number of benzene rings is 1. The van der Waals surface area contributed by atoms with Crippen LogP contribution in [0.25, 0.3) is 0 Å². The number of hydrogen-bond acceptors (Lipinski definition) is 1. The predicted molar refractivity (Wildman–Crippen MR) is 87.7 cm³/mol. The van der Waals surface area contributed by atoms with Crippen LogP contribution in [0.3, 0.4) is 0 Å². The van der Waals surface area contributed by atoms with E-state index in [4.69, 9.17) is 0 Å². The summed E-state index contributed by atoms with van der Waals surface area (Å²) in [4.78, 5) is 1.34. The standard InChI is InChI=1S/C16H21BrS/c1-14(7-6-8-15(2)13-17)11-12-18-16-9-4-3-5-10-16/h3-5,8-11H,6-7,12-13H2,1-2H3/b14-11+,15-8+. The molecule has 98 valence electrons. The van der Waals surface area contributed by atoms with E-state index in [1.54, 1.807) is 0 Å². The van der Waals surface area contributed by atoms with Crippen LogP contribution in [0.2, 0.25) is 0 Å². The predicted octanol–water partition coefficient (Wildman–Crippen LogP) is 5.85. The van der Waals surface area contributed by atoms with Gasteiger partial charge < -0.3 is 0 Å². The van der Waals surface area contributed by atoms with Crippen molar-refractivity contribution in [1.29, 1.82) is 0 Å². The lowest BCUT2D eigenvalue weighted by molar-refractivity contribution is 0.965.